The normalized spacial score (nSPS) is 12.5. The van der Waals surface area contributed by atoms with Crippen molar-refractivity contribution in [1.29, 1.82) is 0 Å². The van der Waals surface area contributed by atoms with Gasteiger partial charge in [-0.25, -0.2) is 8.42 Å². The first kappa shape index (κ1) is 16.4. The van der Waals surface area contributed by atoms with Crippen LogP contribution in [0.25, 0.3) is 0 Å². The molecule has 0 unspecified atom stereocenters. The zero-order valence-corrected chi connectivity index (χ0v) is 11.8. The minimum absolute atomic E-state index is 0.105. The molecule has 0 aromatic heterocycles. The van der Waals surface area contributed by atoms with E-state index in [4.69, 9.17) is 23.2 Å². The van der Waals surface area contributed by atoms with Crippen molar-refractivity contribution in [2.75, 3.05) is 16.4 Å². The molecule has 108 valence electrons. The van der Waals surface area contributed by atoms with E-state index in [1.807, 2.05) is 4.72 Å². The van der Waals surface area contributed by atoms with Gasteiger partial charge in [0, 0.05) is 10.9 Å². The molecule has 0 aliphatic carbocycles. The van der Waals surface area contributed by atoms with Gasteiger partial charge in [-0.15, -0.1) is 11.6 Å². The number of hydrogen-bond donors (Lipinski definition) is 1. The first-order valence-electron chi connectivity index (χ1n) is 5.09. The maximum Gasteiger partial charge on any atom is 0.418 e. The quantitative estimate of drug-likeness (QED) is 0.833. The van der Waals surface area contributed by atoms with Crippen molar-refractivity contribution in [3.05, 3.63) is 28.8 Å². The molecule has 0 spiro atoms. The SMILES string of the molecule is O=S(=O)(CCCCl)Nc1ccc(Cl)cc1C(F)(F)F. The number of halogens is 5. The van der Waals surface area contributed by atoms with Gasteiger partial charge < -0.3 is 0 Å². The van der Waals surface area contributed by atoms with Crippen molar-refractivity contribution in [3.8, 4) is 0 Å². The molecule has 0 aliphatic heterocycles. The lowest BCUT2D eigenvalue weighted by atomic mass is 10.2. The first-order chi connectivity index (χ1) is 8.65. The van der Waals surface area contributed by atoms with Crippen LogP contribution in [0.1, 0.15) is 12.0 Å². The second-order valence-corrected chi connectivity index (χ2v) is 6.31. The van der Waals surface area contributed by atoms with E-state index in [2.05, 4.69) is 0 Å². The van der Waals surface area contributed by atoms with E-state index in [0.29, 0.717) is 6.07 Å². The molecular weight excluding hydrogens is 326 g/mol. The minimum Gasteiger partial charge on any atom is -0.283 e. The molecule has 0 aliphatic rings. The van der Waals surface area contributed by atoms with Gasteiger partial charge in [-0.1, -0.05) is 11.6 Å². The number of alkyl halides is 4. The maximum atomic E-state index is 12.7. The Bertz CT molecular complexity index is 546. The van der Waals surface area contributed by atoms with Gasteiger partial charge in [0.15, 0.2) is 0 Å². The second kappa shape index (κ2) is 6.19. The third-order valence-corrected chi connectivity index (χ3v) is 3.96. The van der Waals surface area contributed by atoms with Gasteiger partial charge in [0.1, 0.15) is 0 Å². The van der Waals surface area contributed by atoms with Crippen molar-refractivity contribution in [1.82, 2.24) is 0 Å². The minimum atomic E-state index is -4.70. The fraction of sp³-hybridized carbons (Fsp3) is 0.400. The third-order valence-electron chi connectivity index (χ3n) is 2.10. The van der Waals surface area contributed by atoms with Crippen LogP contribution in [0.3, 0.4) is 0 Å². The molecule has 1 aromatic rings. The van der Waals surface area contributed by atoms with Gasteiger partial charge in [-0.2, -0.15) is 13.2 Å². The fourth-order valence-electron chi connectivity index (χ4n) is 1.30. The van der Waals surface area contributed by atoms with Crippen molar-refractivity contribution < 1.29 is 21.6 Å². The summed E-state index contributed by atoms with van der Waals surface area (Å²) in [7, 11) is -3.87. The van der Waals surface area contributed by atoms with Crippen LogP contribution in [0.2, 0.25) is 5.02 Å². The molecule has 0 atom stereocenters. The molecule has 19 heavy (non-hydrogen) atoms. The molecule has 1 N–H and O–H groups in total. The summed E-state index contributed by atoms with van der Waals surface area (Å²) in [6, 6.07) is 2.82. The summed E-state index contributed by atoms with van der Waals surface area (Å²) < 4.78 is 63.2. The largest absolute Gasteiger partial charge is 0.418 e. The summed E-state index contributed by atoms with van der Waals surface area (Å²) in [6.45, 7) is 0. The van der Waals surface area contributed by atoms with Gasteiger partial charge in [-0.3, -0.25) is 4.72 Å². The molecular formula is C10H10Cl2F3NO2S. The Labute approximate surface area is 118 Å². The molecule has 0 amide bonds. The average molecular weight is 336 g/mol. The highest BCUT2D eigenvalue weighted by atomic mass is 35.5. The zero-order valence-electron chi connectivity index (χ0n) is 9.47. The van der Waals surface area contributed by atoms with Crippen molar-refractivity contribution in [3.63, 3.8) is 0 Å². The lowest BCUT2D eigenvalue weighted by molar-refractivity contribution is -0.136. The Morgan fingerprint density at radius 1 is 1.26 bits per heavy atom. The summed E-state index contributed by atoms with van der Waals surface area (Å²) >= 11 is 10.8. The van der Waals surface area contributed by atoms with E-state index in [9.17, 15) is 21.6 Å². The summed E-state index contributed by atoms with van der Waals surface area (Å²) in [5.41, 5.74) is -1.68. The second-order valence-electron chi connectivity index (χ2n) is 3.65. The van der Waals surface area contributed by atoms with Gasteiger partial charge >= 0.3 is 6.18 Å². The molecule has 0 saturated heterocycles. The Morgan fingerprint density at radius 3 is 2.42 bits per heavy atom. The van der Waals surface area contributed by atoms with E-state index in [1.165, 1.54) is 6.07 Å². The Hall–Kier alpha value is -0.660. The Kier molecular flexibility index (Phi) is 5.34. The summed E-state index contributed by atoms with van der Waals surface area (Å²) in [4.78, 5) is 0. The highest BCUT2D eigenvalue weighted by molar-refractivity contribution is 7.92. The van der Waals surface area contributed by atoms with Crippen LogP contribution in [0.5, 0.6) is 0 Å². The lowest BCUT2D eigenvalue weighted by Crippen LogP contribution is -2.20. The molecule has 0 radical (unpaired) electrons. The van der Waals surface area contributed by atoms with Crippen molar-refractivity contribution in [2.45, 2.75) is 12.6 Å². The van der Waals surface area contributed by atoms with Crippen LogP contribution >= 0.6 is 23.2 Å². The van der Waals surface area contributed by atoms with Crippen LogP contribution in [-0.2, 0) is 16.2 Å². The highest BCUT2D eigenvalue weighted by Crippen LogP contribution is 2.36. The summed E-state index contributed by atoms with van der Waals surface area (Å²) in [5.74, 6) is -0.246. The smallest absolute Gasteiger partial charge is 0.283 e. The van der Waals surface area contributed by atoms with Crippen molar-refractivity contribution in [2.24, 2.45) is 0 Å². The first-order valence-corrected chi connectivity index (χ1v) is 7.65. The molecule has 1 rings (SSSR count). The number of anilines is 1. The van der Waals surface area contributed by atoms with E-state index in [1.54, 1.807) is 0 Å². The standard InChI is InChI=1S/C10H10Cl2F3NO2S/c11-4-1-5-19(17,18)16-9-3-2-7(12)6-8(9)10(13,14)15/h2-3,6,16H,1,4-5H2. The molecule has 0 fully saturated rings. The summed E-state index contributed by atoms with van der Waals surface area (Å²) in [5, 5.41) is -0.129. The maximum absolute atomic E-state index is 12.7. The molecule has 0 bridgehead atoms. The molecule has 0 heterocycles. The molecule has 3 nitrogen and oxygen atoms in total. The van der Waals surface area contributed by atoms with Crippen LogP contribution in [0.15, 0.2) is 18.2 Å². The van der Waals surface area contributed by atoms with E-state index < -0.39 is 27.5 Å². The van der Waals surface area contributed by atoms with E-state index in [-0.39, 0.29) is 23.1 Å². The molecule has 9 heteroatoms. The van der Waals surface area contributed by atoms with Crippen LogP contribution in [-0.4, -0.2) is 20.1 Å². The van der Waals surface area contributed by atoms with Crippen LogP contribution in [0.4, 0.5) is 18.9 Å². The van der Waals surface area contributed by atoms with Crippen LogP contribution in [0, 0.1) is 0 Å². The number of benzene rings is 1. The fourth-order valence-corrected chi connectivity index (χ4v) is 2.91. The highest BCUT2D eigenvalue weighted by Gasteiger charge is 2.34. The monoisotopic (exact) mass is 335 g/mol. The average Bonchev–Trinajstić information content (AvgIpc) is 2.27. The number of sulfonamides is 1. The summed E-state index contributed by atoms with van der Waals surface area (Å²) in [6.07, 6.45) is -4.55. The lowest BCUT2D eigenvalue weighted by Gasteiger charge is -2.15. The van der Waals surface area contributed by atoms with Crippen LogP contribution < -0.4 is 4.72 Å². The number of rotatable bonds is 5. The van der Waals surface area contributed by atoms with Crippen molar-refractivity contribution >= 4 is 38.9 Å². The third kappa shape index (κ3) is 5.08. The van der Waals surface area contributed by atoms with E-state index in [0.717, 1.165) is 6.07 Å². The molecule has 0 saturated carbocycles. The van der Waals surface area contributed by atoms with E-state index >= 15 is 0 Å². The predicted molar refractivity (Wildman–Crippen MR) is 69.2 cm³/mol. The Balaban J connectivity index is 3.08. The topological polar surface area (TPSA) is 46.2 Å². The number of hydrogen-bond acceptors (Lipinski definition) is 2. The molecule has 1 aromatic carbocycles. The van der Waals surface area contributed by atoms with Gasteiger partial charge in [-0.05, 0) is 24.6 Å². The van der Waals surface area contributed by atoms with Gasteiger partial charge in [0.25, 0.3) is 0 Å². The predicted octanol–water partition coefficient (Wildman–Crippen LogP) is 3.73. The van der Waals surface area contributed by atoms with Gasteiger partial charge in [0.05, 0.1) is 17.0 Å². The van der Waals surface area contributed by atoms with Gasteiger partial charge in [0.2, 0.25) is 10.0 Å². The zero-order chi connectivity index (χ0) is 14.7. The number of nitrogens with one attached hydrogen (secondary N) is 1. The Morgan fingerprint density at radius 2 is 1.89 bits per heavy atom.